The molecule has 3 rings (SSSR count). The Morgan fingerprint density at radius 2 is 1.78 bits per heavy atom. The molecule has 36 heavy (non-hydrogen) atoms. The van der Waals surface area contributed by atoms with Crippen molar-refractivity contribution in [2.45, 2.75) is 24.0 Å². The first-order chi connectivity index (χ1) is 16.7. The summed E-state index contributed by atoms with van der Waals surface area (Å²) >= 11 is 0. The zero-order valence-corrected chi connectivity index (χ0v) is 20.4. The number of hydrogen-bond acceptors (Lipinski definition) is 5. The molecule has 2 N–H and O–H groups in total. The number of rotatable bonds is 9. The van der Waals surface area contributed by atoms with Crippen molar-refractivity contribution in [2.75, 3.05) is 19.6 Å². The van der Waals surface area contributed by atoms with E-state index in [0.717, 1.165) is 17.5 Å². The normalized spacial score (nSPS) is 17.2. The van der Waals surface area contributed by atoms with Crippen LogP contribution >= 0.6 is 0 Å². The lowest BCUT2D eigenvalue weighted by molar-refractivity contribution is -0.140. The van der Waals surface area contributed by atoms with E-state index in [1.165, 1.54) is 28.6 Å². The van der Waals surface area contributed by atoms with Gasteiger partial charge in [0.1, 0.15) is 5.82 Å². The number of nitrogens with zero attached hydrogens (tertiary/aromatic N) is 1. The topological polar surface area (TPSA) is 113 Å². The second-order valence-corrected chi connectivity index (χ2v) is 11.7. The molecule has 0 aromatic heterocycles. The van der Waals surface area contributed by atoms with E-state index in [2.05, 4.69) is 16.6 Å². The Hall–Kier alpha value is -2.81. The van der Waals surface area contributed by atoms with Crippen LogP contribution in [0, 0.1) is 11.7 Å². The lowest BCUT2D eigenvalue weighted by Gasteiger charge is -2.17. The molecule has 8 nitrogen and oxygen atoms in total. The molecule has 1 atom stereocenters. The van der Waals surface area contributed by atoms with E-state index in [4.69, 9.17) is 0 Å². The summed E-state index contributed by atoms with van der Waals surface area (Å²) in [4.78, 5) is 12.3. The monoisotopic (exact) mass is 549 g/mol. The van der Waals surface area contributed by atoms with Crippen LogP contribution in [-0.4, -0.2) is 46.7 Å². The fourth-order valence-electron chi connectivity index (χ4n) is 3.62. The van der Waals surface area contributed by atoms with Crippen molar-refractivity contribution < 1.29 is 39.2 Å². The Balaban J connectivity index is 1.62. The molecular weight excluding hydrogens is 526 g/mol. The summed E-state index contributed by atoms with van der Waals surface area (Å²) in [5.74, 6) is -2.43. The Morgan fingerprint density at radius 3 is 2.39 bits per heavy atom. The lowest BCUT2D eigenvalue weighted by atomic mass is 10.1. The van der Waals surface area contributed by atoms with Gasteiger partial charge in [0.25, 0.3) is 5.91 Å². The van der Waals surface area contributed by atoms with Crippen molar-refractivity contribution >= 4 is 26.0 Å². The van der Waals surface area contributed by atoms with Crippen LogP contribution < -0.4 is 10.0 Å². The van der Waals surface area contributed by atoms with Crippen LogP contribution in [0.3, 0.4) is 0 Å². The number of amides is 1. The molecule has 0 bridgehead atoms. The van der Waals surface area contributed by atoms with Crippen molar-refractivity contribution in [1.82, 2.24) is 14.3 Å². The van der Waals surface area contributed by atoms with Crippen LogP contribution in [0.1, 0.15) is 27.9 Å². The first-order valence-electron chi connectivity index (χ1n) is 10.6. The van der Waals surface area contributed by atoms with Gasteiger partial charge in [-0.25, -0.2) is 25.9 Å². The summed E-state index contributed by atoms with van der Waals surface area (Å²) in [6.07, 6.45) is -4.42. The molecule has 14 heteroatoms. The molecule has 2 aromatic rings. The molecule has 196 valence electrons. The number of benzene rings is 2. The summed E-state index contributed by atoms with van der Waals surface area (Å²) in [5.41, 5.74) is -1.76. The SMILES string of the molecule is C=CS(=O)(=O)NC[C@H]1CCN(S(=O)(=O)c2ccc(C(=O)NCc3cccc(C(F)(F)F)c3F)cc2)C1. The smallest absolute Gasteiger partial charge is 0.348 e. The van der Waals surface area contributed by atoms with E-state index >= 15 is 0 Å². The van der Waals surface area contributed by atoms with Crippen LogP contribution in [0.15, 0.2) is 59.3 Å². The van der Waals surface area contributed by atoms with E-state index in [9.17, 15) is 39.2 Å². The lowest BCUT2D eigenvalue weighted by Crippen LogP contribution is -2.32. The third-order valence-corrected chi connectivity index (χ3v) is 8.51. The molecule has 2 aromatic carbocycles. The van der Waals surface area contributed by atoms with Gasteiger partial charge in [0.2, 0.25) is 20.0 Å². The van der Waals surface area contributed by atoms with Crippen molar-refractivity contribution in [3.05, 3.63) is 77.0 Å². The van der Waals surface area contributed by atoms with E-state index in [1.54, 1.807) is 0 Å². The maximum Gasteiger partial charge on any atom is 0.419 e. The molecular formula is C22H23F4N3O5S2. The number of sulfonamides is 2. The number of carbonyl (C=O) groups excluding carboxylic acids is 1. The number of carbonyl (C=O) groups is 1. The van der Waals surface area contributed by atoms with Crippen molar-refractivity contribution in [3.63, 3.8) is 0 Å². The highest BCUT2D eigenvalue weighted by Crippen LogP contribution is 2.32. The number of hydrogen-bond donors (Lipinski definition) is 2. The minimum Gasteiger partial charge on any atom is -0.348 e. The Labute approximate surface area is 206 Å². The summed E-state index contributed by atoms with van der Waals surface area (Å²) in [5, 5.41) is 3.08. The molecule has 1 aliphatic rings. The maximum atomic E-state index is 14.1. The molecule has 1 aliphatic heterocycles. The first kappa shape index (κ1) is 27.8. The molecule has 0 radical (unpaired) electrons. The van der Waals surface area contributed by atoms with E-state index in [-0.39, 0.29) is 41.6 Å². The molecule has 1 saturated heterocycles. The Morgan fingerprint density at radius 1 is 1.11 bits per heavy atom. The fourth-order valence-corrected chi connectivity index (χ4v) is 5.73. The zero-order chi connectivity index (χ0) is 26.7. The highest BCUT2D eigenvalue weighted by atomic mass is 32.2. The van der Waals surface area contributed by atoms with Crippen LogP contribution in [0.2, 0.25) is 0 Å². The average Bonchev–Trinajstić information content (AvgIpc) is 3.31. The molecule has 1 heterocycles. The predicted molar refractivity (Wildman–Crippen MR) is 123 cm³/mol. The molecule has 0 aliphatic carbocycles. The zero-order valence-electron chi connectivity index (χ0n) is 18.8. The number of alkyl halides is 3. The van der Waals surface area contributed by atoms with Gasteiger partial charge in [0.15, 0.2) is 0 Å². The third-order valence-electron chi connectivity index (χ3n) is 5.62. The van der Waals surface area contributed by atoms with Crippen LogP contribution in [0.25, 0.3) is 0 Å². The summed E-state index contributed by atoms with van der Waals surface area (Å²) < 4.78 is 105. The number of halogens is 4. The third kappa shape index (κ3) is 6.49. The van der Waals surface area contributed by atoms with E-state index in [1.807, 2.05) is 0 Å². The van der Waals surface area contributed by atoms with Crippen LogP contribution in [-0.2, 0) is 32.8 Å². The highest BCUT2D eigenvalue weighted by Gasteiger charge is 2.35. The molecule has 0 spiro atoms. The molecule has 1 amide bonds. The van der Waals surface area contributed by atoms with Gasteiger partial charge in [0.05, 0.1) is 10.5 Å². The quantitative estimate of drug-likeness (QED) is 0.468. The van der Waals surface area contributed by atoms with Gasteiger partial charge in [-0.05, 0) is 42.7 Å². The second-order valence-electron chi connectivity index (χ2n) is 8.06. The van der Waals surface area contributed by atoms with Crippen molar-refractivity contribution in [3.8, 4) is 0 Å². The van der Waals surface area contributed by atoms with Gasteiger partial charge >= 0.3 is 6.18 Å². The van der Waals surface area contributed by atoms with Crippen molar-refractivity contribution in [2.24, 2.45) is 5.92 Å². The first-order valence-corrected chi connectivity index (χ1v) is 13.6. The van der Waals surface area contributed by atoms with Crippen LogP contribution in [0.4, 0.5) is 17.6 Å². The average molecular weight is 550 g/mol. The maximum absolute atomic E-state index is 14.1. The van der Waals surface area contributed by atoms with Gasteiger partial charge in [-0.2, -0.15) is 17.5 Å². The molecule has 1 fully saturated rings. The summed E-state index contributed by atoms with van der Waals surface area (Å²) in [6.45, 7) is 3.04. The second kappa shape index (κ2) is 10.7. The van der Waals surface area contributed by atoms with Gasteiger partial charge in [0, 0.05) is 42.7 Å². The highest BCUT2D eigenvalue weighted by molar-refractivity contribution is 7.92. The van der Waals surface area contributed by atoms with E-state index in [0.29, 0.717) is 12.5 Å². The van der Waals surface area contributed by atoms with Gasteiger partial charge in [-0.3, -0.25) is 4.79 Å². The predicted octanol–water partition coefficient (Wildman–Crippen LogP) is 2.85. The summed E-state index contributed by atoms with van der Waals surface area (Å²) in [6, 6.07) is 7.64. The Bertz CT molecular complexity index is 1340. The van der Waals surface area contributed by atoms with Crippen molar-refractivity contribution in [1.29, 1.82) is 0 Å². The largest absolute Gasteiger partial charge is 0.419 e. The number of nitrogens with one attached hydrogen (secondary N) is 2. The molecule has 0 unspecified atom stereocenters. The summed E-state index contributed by atoms with van der Waals surface area (Å²) in [7, 11) is -7.53. The Kier molecular flexibility index (Phi) is 8.23. The minimum absolute atomic E-state index is 0.0273. The van der Waals surface area contributed by atoms with E-state index < -0.39 is 50.1 Å². The van der Waals surface area contributed by atoms with Gasteiger partial charge in [-0.15, -0.1) is 0 Å². The van der Waals surface area contributed by atoms with Gasteiger partial charge in [-0.1, -0.05) is 18.7 Å². The van der Waals surface area contributed by atoms with Gasteiger partial charge < -0.3 is 5.32 Å². The fraction of sp³-hybridized carbons (Fsp3) is 0.318. The molecule has 0 saturated carbocycles. The van der Waals surface area contributed by atoms with Crippen LogP contribution in [0.5, 0.6) is 0 Å². The minimum atomic E-state index is -4.87. The standard InChI is InChI=1S/C22H23F4N3O5S2/c1-2-35(31,32)28-12-15-10-11-29(14-15)36(33,34)18-8-6-16(7-9-18)21(30)27-13-17-4-3-5-19(20(17)23)22(24,25)26/h2-9,15,28H,1,10-14H2,(H,27,30)/t15-/m1/s1.